The molecule has 0 radical (unpaired) electrons. The third-order valence-electron chi connectivity index (χ3n) is 5.24. The molecule has 1 heterocycles. The van der Waals surface area contributed by atoms with Crippen molar-refractivity contribution in [3.8, 4) is 0 Å². The first kappa shape index (κ1) is 14.8. The van der Waals surface area contributed by atoms with Crippen molar-refractivity contribution in [2.24, 2.45) is 23.7 Å². The molecule has 4 unspecified atom stereocenters. The van der Waals surface area contributed by atoms with Crippen LogP contribution >= 0.6 is 0 Å². The summed E-state index contributed by atoms with van der Waals surface area (Å²) in [6.07, 6.45) is 5.45. The number of carboxylic acids is 1. The van der Waals surface area contributed by atoms with E-state index in [0.717, 1.165) is 37.3 Å². The lowest BCUT2D eigenvalue weighted by molar-refractivity contribution is -0.138. The first-order valence-electron chi connectivity index (χ1n) is 7.93. The molecular formula is C16H29NO2. The fraction of sp³-hybridized carbons (Fsp3) is 0.938. The average molecular weight is 267 g/mol. The van der Waals surface area contributed by atoms with Crippen molar-refractivity contribution in [1.29, 1.82) is 0 Å². The maximum Gasteiger partial charge on any atom is 0.303 e. The van der Waals surface area contributed by atoms with Crippen LogP contribution in [0.5, 0.6) is 0 Å². The number of likely N-dealkylation sites (tertiary alicyclic amines) is 1. The SMILES string of the molecule is CC1CCC(C(C)C)C(N2CCC(CC(=O)O)C2)C1. The second kappa shape index (κ2) is 6.25. The molecule has 0 bridgehead atoms. The van der Waals surface area contributed by atoms with Gasteiger partial charge in [0, 0.05) is 19.0 Å². The standard InChI is InChI=1S/C16H29NO2/c1-11(2)14-5-4-12(3)8-15(14)17-7-6-13(10-17)9-16(18)19/h11-15H,4-10H2,1-3H3,(H,18,19). The van der Waals surface area contributed by atoms with Gasteiger partial charge in [-0.05, 0) is 49.5 Å². The molecule has 0 amide bonds. The molecule has 0 spiro atoms. The van der Waals surface area contributed by atoms with Crippen molar-refractivity contribution < 1.29 is 9.90 Å². The van der Waals surface area contributed by atoms with Crippen molar-refractivity contribution in [1.82, 2.24) is 4.90 Å². The Labute approximate surface area is 117 Å². The van der Waals surface area contributed by atoms with Gasteiger partial charge in [-0.2, -0.15) is 0 Å². The summed E-state index contributed by atoms with van der Waals surface area (Å²) >= 11 is 0. The Hall–Kier alpha value is -0.570. The van der Waals surface area contributed by atoms with Gasteiger partial charge < -0.3 is 5.11 Å². The van der Waals surface area contributed by atoms with Gasteiger partial charge in [0.1, 0.15) is 0 Å². The highest BCUT2D eigenvalue weighted by molar-refractivity contribution is 5.67. The largest absolute Gasteiger partial charge is 0.481 e. The zero-order valence-electron chi connectivity index (χ0n) is 12.6. The smallest absolute Gasteiger partial charge is 0.303 e. The van der Waals surface area contributed by atoms with Gasteiger partial charge in [-0.25, -0.2) is 0 Å². The van der Waals surface area contributed by atoms with Crippen molar-refractivity contribution in [2.45, 2.75) is 58.9 Å². The molecule has 0 aromatic rings. The van der Waals surface area contributed by atoms with Gasteiger partial charge in [0.15, 0.2) is 0 Å². The van der Waals surface area contributed by atoms with Gasteiger partial charge in [0.2, 0.25) is 0 Å². The van der Waals surface area contributed by atoms with E-state index < -0.39 is 5.97 Å². The van der Waals surface area contributed by atoms with Crippen LogP contribution in [0.2, 0.25) is 0 Å². The van der Waals surface area contributed by atoms with Gasteiger partial charge in [-0.1, -0.05) is 27.2 Å². The van der Waals surface area contributed by atoms with E-state index >= 15 is 0 Å². The molecule has 2 aliphatic rings. The second-order valence-electron chi connectivity index (χ2n) is 7.14. The molecule has 1 aliphatic carbocycles. The quantitative estimate of drug-likeness (QED) is 0.850. The summed E-state index contributed by atoms with van der Waals surface area (Å²) in [5, 5.41) is 8.93. The maximum atomic E-state index is 10.8. The van der Waals surface area contributed by atoms with Gasteiger partial charge in [-0.3, -0.25) is 9.69 Å². The highest BCUT2D eigenvalue weighted by atomic mass is 16.4. The molecule has 3 nitrogen and oxygen atoms in total. The summed E-state index contributed by atoms with van der Waals surface area (Å²) < 4.78 is 0. The zero-order chi connectivity index (χ0) is 14.0. The summed E-state index contributed by atoms with van der Waals surface area (Å²) in [6.45, 7) is 9.18. The zero-order valence-corrected chi connectivity index (χ0v) is 12.6. The van der Waals surface area contributed by atoms with Gasteiger partial charge in [-0.15, -0.1) is 0 Å². The van der Waals surface area contributed by atoms with E-state index in [1.807, 2.05) is 0 Å². The molecule has 19 heavy (non-hydrogen) atoms. The number of carbonyl (C=O) groups is 1. The van der Waals surface area contributed by atoms with Crippen LogP contribution < -0.4 is 0 Å². The van der Waals surface area contributed by atoms with Crippen molar-refractivity contribution in [3.05, 3.63) is 0 Å². The fourth-order valence-corrected chi connectivity index (χ4v) is 4.15. The van der Waals surface area contributed by atoms with Gasteiger partial charge in [0.25, 0.3) is 0 Å². The van der Waals surface area contributed by atoms with Crippen LogP contribution in [0.25, 0.3) is 0 Å². The molecule has 1 saturated carbocycles. The van der Waals surface area contributed by atoms with E-state index in [-0.39, 0.29) is 0 Å². The lowest BCUT2D eigenvalue weighted by Gasteiger charge is -2.42. The Kier molecular flexibility index (Phi) is 4.88. The number of aliphatic carboxylic acids is 1. The molecule has 2 fully saturated rings. The van der Waals surface area contributed by atoms with Crippen LogP contribution in [0.1, 0.15) is 52.9 Å². The Morgan fingerprint density at radius 1 is 1.32 bits per heavy atom. The Morgan fingerprint density at radius 3 is 2.68 bits per heavy atom. The number of rotatable bonds is 4. The molecular weight excluding hydrogens is 238 g/mol. The summed E-state index contributed by atoms with van der Waals surface area (Å²) in [6, 6.07) is 0.697. The van der Waals surface area contributed by atoms with E-state index in [4.69, 9.17) is 5.11 Å². The summed E-state index contributed by atoms with van der Waals surface area (Å²) in [7, 11) is 0. The third kappa shape index (κ3) is 3.71. The molecule has 1 N–H and O–H groups in total. The highest BCUT2D eigenvalue weighted by Gasteiger charge is 2.37. The van der Waals surface area contributed by atoms with Crippen LogP contribution in [0.4, 0.5) is 0 Å². The molecule has 1 aliphatic heterocycles. The minimum atomic E-state index is -0.635. The molecule has 1 saturated heterocycles. The normalized spacial score (nSPS) is 36.8. The molecule has 2 rings (SSSR count). The summed E-state index contributed by atoms with van der Waals surface area (Å²) in [4.78, 5) is 13.4. The van der Waals surface area contributed by atoms with Crippen LogP contribution in [0, 0.1) is 23.7 Å². The minimum Gasteiger partial charge on any atom is -0.481 e. The molecule has 4 atom stereocenters. The van der Waals surface area contributed by atoms with Crippen molar-refractivity contribution in [2.75, 3.05) is 13.1 Å². The predicted molar refractivity (Wildman–Crippen MR) is 77.1 cm³/mol. The average Bonchev–Trinajstić information content (AvgIpc) is 2.75. The first-order chi connectivity index (χ1) is 8.97. The molecule has 0 aromatic carbocycles. The maximum absolute atomic E-state index is 10.8. The lowest BCUT2D eigenvalue weighted by atomic mass is 9.73. The fourth-order valence-electron chi connectivity index (χ4n) is 4.15. The molecule has 110 valence electrons. The molecule has 3 heteroatoms. The van der Waals surface area contributed by atoms with Crippen LogP contribution in [-0.2, 0) is 4.79 Å². The van der Waals surface area contributed by atoms with Crippen LogP contribution in [0.15, 0.2) is 0 Å². The number of hydrogen-bond acceptors (Lipinski definition) is 2. The van der Waals surface area contributed by atoms with E-state index in [2.05, 4.69) is 25.7 Å². The Morgan fingerprint density at radius 2 is 2.05 bits per heavy atom. The summed E-state index contributed by atoms with van der Waals surface area (Å²) in [5.41, 5.74) is 0. The lowest BCUT2D eigenvalue weighted by Crippen LogP contribution is -2.44. The van der Waals surface area contributed by atoms with E-state index in [1.165, 1.54) is 19.3 Å². The van der Waals surface area contributed by atoms with Crippen LogP contribution in [-0.4, -0.2) is 35.1 Å². The van der Waals surface area contributed by atoms with E-state index in [0.29, 0.717) is 18.4 Å². The highest BCUT2D eigenvalue weighted by Crippen LogP contribution is 2.38. The Bertz CT molecular complexity index is 316. The Balaban J connectivity index is 1.96. The topological polar surface area (TPSA) is 40.5 Å². The first-order valence-corrected chi connectivity index (χ1v) is 7.93. The van der Waals surface area contributed by atoms with E-state index in [9.17, 15) is 4.79 Å². The van der Waals surface area contributed by atoms with Crippen molar-refractivity contribution >= 4 is 5.97 Å². The van der Waals surface area contributed by atoms with Crippen molar-refractivity contribution in [3.63, 3.8) is 0 Å². The predicted octanol–water partition coefficient (Wildman–Crippen LogP) is 3.24. The third-order valence-corrected chi connectivity index (χ3v) is 5.24. The monoisotopic (exact) mass is 267 g/mol. The van der Waals surface area contributed by atoms with Gasteiger partial charge in [0.05, 0.1) is 0 Å². The van der Waals surface area contributed by atoms with Gasteiger partial charge >= 0.3 is 5.97 Å². The number of hydrogen-bond donors (Lipinski definition) is 1. The van der Waals surface area contributed by atoms with Crippen LogP contribution in [0.3, 0.4) is 0 Å². The van der Waals surface area contributed by atoms with E-state index in [1.54, 1.807) is 0 Å². The number of nitrogens with zero attached hydrogens (tertiary/aromatic N) is 1. The second-order valence-corrected chi connectivity index (χ2v) is 7.14. The molecule has 0 aromatic heterocycles. The summed E-state index contributed by atoms with van der Waals surface area (Å²) in [5.74, 6) is 2.13. The minimum absolute atomic E-state index is 0.352. The number of carboxylic acid groups (broad SMARTS) is 1.